The van der Waals surface area contributed by atoms with Gasteiger partial charge in [-0.1, -0.05) is 6.08 Å². The Balaban J connectivity index is 0.00000121. The quantitative estimate of drug-likeness (QED) is 0.596. The van der Waals surface area contributed by atoms with Crippen molar-refractivity contribution >= 4 is 13.1 Å². The minimum absolute atomic E-state index is 0. The SMILES string of the molecule is F[B-](F)(F)/C=C/c1ccco1.[K+]. The van der Waals surface area contributed by atoms with Crippen molar-refractivity contribution in [3.05, 3.63) is 30.1 Å². The molecule has 1 rings (SSSR count). The molecule has 0 atom stereocenters. The van der Waals surface area contributed by atoms with Crippen LogP contribution in [0.2, 0.25) is 0 Å². The average Bonchev–Trinajstić information content (AvgIpc) is 2.32. The van der Waals surface area contributed by atoms with Crippen LogP contribution in [0.3, 0.4) is 0 Å². The van der Waals surface area contributed by atoms with Crippen LogP contribution in [-0.4, -0.2) is 6.98 Å². The van der Waals surface area contributed by atoms with E-state index in [9.17, 15) is 12.9 Å². The van der Waals surface area contributed by atoms with E-state index >= 15 is 0 Å². The van der Waals surface area contributed by atoms with Gasteiger partial charge in [0.25, 0.3) is 0 Å². The topological polar surface area (TPSA) is 13.1 Å². The summed E-state index contributed by atoms with van der Waals surface area (Å²) in [7, 11) is 0. The van der Waals surface area contributed by atoms with Crippen molar-refractivity contribution in [1.82, 2.24) is 0 Å². The fraction of sp³-hybridized carbons (Fsp3) is 0. The number of hydrogen-bond acceptors (Lipinski definition) is 1. The Morgan fingerprint density at radius 1 is 1.33 bits per heavy atom. The molecular formula is C6H5BF3KO. The van der Waals surface area contributed by atoms with Gasteiger partial charge in [-0.25, -0.2) is 0 Å². The molecule has 1 heterocycles. The molecule has 0 aliphatic carbocycles. The maximum absolute atomic E-state index is 11.6. The molecule has 0 N–H and O–H groups in total. The summed E-state index contributed by atoms with van der Waals surface area (Å²) in [6.07, 6.45) is 2.23. The maximum Gasteiger partial charge on any atom is 1.00 e. The van der Waals surface area contributed by atoms with Gasteiger partial charge < -0.3 is 17.4 Å². The predicted molar refractivity (Wildman–Crippen MR) is 36.8 cm³/mol. The van der Waals surface area contributed by atoms with E-state index < -0.39 is 6.98 Å². The Bertz CT molecular complexity index is 242. The smallest absolute Gasteiger partial charge is 0.465 e. The van der Waals surface area contributed by atoms with Crippen LogP contribution < -0.4 is 51.4 Å². The first-order chi connectivity index (χ1) is 5.08. The van der Waals surface area contributed by atoms with Crippen LogP contribution in [0.15, 0.2) is 28.8 Å². The van der Waals surface area contributed by atoms with E-state index in [0.29, 0.717) is 0 Å². The zero-order chi connectivity index (χ0) is 8.32. The first-order valence-electron chi connectivity index (χ1n) is 3.01. The second-order valence-electron chi connectivity index (χ2n) is 2.00. The van der Waals surface area contributed by atoms with Crippen molar-refractivity contribution in [2.24, 2.45) is 0 Å². The zero-order valence-corrected chi connectivity index (χ0v) is 9.63. The molecule has 0 bridgehead atoms. The summed E-state index contributed by atoms with van der Waals surface area (Å²) in [6, 6.07) is 2.99. The summed E-state index contributed by atoms with van der Waals surface area (Å²) in [4.78, 5) is 0. The molecule has 0 unspecified atom stereocenters. The number of halogens is 3. The summed E-state index contributed by atoms with van der Waals surface area (Å²) in [5, 5.41) is 0. The maximum atomic E-state index is 11.6. The van der Waals surface area contributed by atoms with Gasteiger partial charge in [0.05, 0.1) is 6.26 Å². The van der Waals surface area contributed by atoms with E-state index in [1.807, 2.05) is 0 Å². The van der Waals surface area contributed by atoms with Gasteiger partial charge in [-0.05, 0) is 12.1 Å². The van der Waals surface area contributed by atoms with E-state index in [1.165, 1.54) is 18.4 Å². The summed E-state index contributed by atoms with van der Waals surface area (Å²) >= 11 is 0. The van der Waals surface area contributed by atoms with Crippen molar-refractivity contribution in [2.45, 2.75) is 0 Å². The first-order valence-corrected chi connectivity index (χ1v) is 3.01. The minimum atomic E-state index is -4.85. The summed E-state index contributed by atoms with van der Waals surface area (Å²) in [5.74, 6) is 0.406. The fourth-order valence-corrected chi connectivity index (χ4v) is 0.590. The molecule has 0 aliphatic heterocycles. The van der Waals surface area contributed by atoms with E-state index in [1.54, 1.807) is 0 Å². The van der Waals surface area contributed by atoms with Crippen molar-refractivity contribution in [2.75, 3.05) is 0 Å². The molecule has 0 spiro atoms. The molecule has 6 heteroatoms. The predicted octanol–water partition coefficient (Wildman–Crippen LogP) is -0.317. The Kier molecular flexibility index (Phi) is 5.51. The second-order valence-corrected chi connectivity index (χ2v) is 2.00. The Morgan fingerprint density at radius 2 is 2.00 bits per heavy atom. The number of rotatable bonds is 2. The normalized spacial score (nSPS) is 11.6. The van der Waals surface area contributed by atoms with Crippen LogP contribution >= 0.6 is 0 Å². The summed E-state index contributed by atoms with van der Waals surface area (Å²) in [5.41, 5.74) is 0. The molecule has 0 radical (unpaired) electrons. The van der Waals surface area contributed by atoms with Gasteiger partial charge in [0.15, 0.2) is 0 Å². The average molecular weight is 200 g/mol. The van der Waals surface area contributed by atoms with Crippen LogP contribution in [-0.2, 0) is 0 Å². The van der Waals surface area contributed by atoms with Gasteiger partial charge in [0.2, 0.25) is 0 Å². The van der Waals surface area contributed by atoms with Crippen LogP contribution in [0.25, 0.3) is 6.08 Å². The van der Waals surface area contributed by atoms with Crippen molar-refractivity contribution < 1.29 is 68.7 Å². The van der Waals surface area contributed by atoms with E-state index in [4.69, 9.17) is 0 Å². The van der Waals surface area contributed by atoms with Crippen LogP contribution in [0.5, 0.6) is 0 Å². The van der Waals surface area contributed by atoms with Gasteiger partial charge in [-0.3, -0.25) is 0 Å². The van der Waals surface area contributed by atoms with Gasteiger partial charge in [0, 0.05) is 0 Å². The van der Waals surface area contributed by atoms with Crippen molar-refractivity contribution in [1.29, 1.82) is 0 Å². The molecule has 0 saturated heterocycles. The third-order valence-electron chi connectivity index (χ3n) is 1.02. The first kappa shape index (κ1) is 12.5. The summed E-state index contributed by atoms with van der Waals surface area (Å²) < 4.78 is 39.4. The Morgan fingerprint density at radius 3 is 2.42 bits per heavy atom. The van der Waals surface area contributed by atoms with Gasteiger partial charge in [-0.15, -0.1) is 5.98 Å². The van der Waals surface area contributed by atoms with Crippen LogP contribution in [0, 0.1) is 0 Å². The van der Waals surface area contributed by atoms with Gasteiger partial charge in [0.1, 0.15) is 5.76 Å². The number of hydrogen-bond donors (Lipinski definition) is 0. The second kappa shape index (κ2) is 5.29. The Hall–Kier alpha value is 0.511. The van der Waals surface area contributed by atoms with Gasteiger partial charge in [-0.2, -0.15) is 0 Å². The van der Waals surface area contributed by atoms with Crippen LogP contribution in [0.1, 0.15) is 5.76 Å². The molecule has 0 aromatic carbocycles. The molecular weight excluding hydrogens is 195 g/mol. The van der Waals surface area contributed by atoms with Crippen LogP contribution in [0.4, 0.5) is 12.9 Å². The third kappa shape index (κ3) is 5.21. The molecule has 12 heavy (non-hydrogen) atoms. The third-order valence-corrected chi connectivity index (χ3v) is 1.02. The molecule has 1 aromatic heterocycles. The molecule has 0 amide bonds. The largest absolute Gasteiger partial charge is 1.00 e. The van der Waals surface area contributed by atoms with Crippen molar-refractivity contribution in [3.63, 3.8) is 0 Å². The standard InChI is InChI=1S/C6H5BF3O.K/c8-7(9,10)4-3-6-2-1-5-11-6;/h1-5H;/q-1;+1/b4-3+;. The molecule has 1 aromatic rings. The van der Waals surface area contributed by atoms with E-state index in [-0.39, 0.29) is 63.1 Å². The fourth-order valence-electron chi connectivity index (χ4n) is 0.590. The molecule has 1 nitrogen and oxygen atoms in total. The number of furan rings is 1. The van der Waals surface area contributed by atoms with Gasteiger partial charge >= 0.3 is 58.4 Å². The van der Waals surface area contributed by atoms with E-state index in [0.717, 1.165) is 6.08 Å². The minimum Gasteiger partial charge on any atom is -0.465 e. The molecule has 0 saturated carbocycles. The monoisotopic (exact) mass is 200 g/mol. The molecule has 0 fully saturated rings. The Labute approximate surface area is 110 Å². The molecule has 0 aliphatic rings. The van der Waals surface area contributed by atoms with Crippen molar-refractivity contribution in [3.8, 4) is 0 Å². The zero-order valence-electron chi connectivity index (χ0n) is 6.51. The summed E-state index contributed by atoms with van der Waals surface area (Å²) in [6.45, 7) is -4.85. The van der Waals surface area contributed by atoms with E-state index in [2.05, 4.69) is 4.42 Å². The molecule has 60 valence electrons.